The summed E-state index contributed by atoms with van der Waals surface area (Å²) in [5.41, 5.74) is 1.18. The third-order valence-corrected chi connectivity index (χ3v) is 3.35. The lowest BCUT2D eigenvalue weighted by atomic mass is 9.96. The molecule has 21 heavy (non-hydrogen) atoms. The molecule has 0 amide bonds. The molecule has 2 nitrogen and oxygen atoms in total. The Morgan fingerprint density at radius 3 is 2.52 bits per heavy atom. The molecule has 0 radical (unpaired) electrons. The zero-order chi connectivity index (χ0) is 15.6. The monoisotopic (exact) mass is 292 g/mol. The molecular weight excluding hydrogens is 274 g/mol. The smallest absolute Gasteiger partial charge is 0.135 e. The summed E-state index contributed by atoms with van der Waals surface area (Å²) in [6.07, 6.45) is -1.41. The number of aliphatic hydroxyl groups excluding tert-OH is 1. The van der Waals surface area contributed by atoms with Crippen LogP contribution in [0.2, 0.25) is 0 Å². The first-order valence-electron chi connectivity index (χ1n) is 6.81. The molecule has 2 aromatic carbocycles. The van der Waals surface area contributed by atoms with Crippen molar-refractivity contribution in [2.45, 2.75) is 26.9 Å². The van der Waals surface area contributed by atoms with Crippen molar-refractivity contribution in [1.82, 2.24) is 0 Å². The predicted octanol–water partition coefficient (Wildman–Crippen LogP) is 4.06. The minimum Gasteiger partial charge on any atom is -0.493 e. The maximum Gasteiger partial charge on any atom is 0.135 e. The average Bonchev–Trinajstić information content (AvgIpc) is 2.45. The fourth-order valence-electron chi connectivity index (χ4n) is 2.25. The van der Waals surface area contributed by atoms with Gasteiger partial charge in [0.1, 0.15) is 23.5 Å². The highest BCUT2D eigenvalue weighted by atomic mass is 19.1. The highest BCUT2D eigenvalue weighted by molar-refractivity contribution is 5.44. The van der Waals surface area contributed by atoms with Crippen LogP contribution in [-0.4, -0.2) is 11.7 Å². The summed E-state index contributed by atoms with van der Waals surface area (Å²) >= 11 is 0. The van der Waals surface area contributed by atoms with Gasteiger partial charge in [-0.05, 0) is 44.5 Å². The molecule has 1 unspecified atom stereocenters. The SMILES string of the molecule is CCOc1ccc(C)cc1C(O)c1c(F)ccc(C)c1F. The van der Waals surface area contributed by atoms with Gasteiger partial charge in [-0.1, -0.05) is 17.7 Å². The maximum absolute atomic E-state index is 14.2. The van der Waals surface area contributed by atoms with Crippen molar-refractivity contribution < 1.29 is 18.6 Å². The van der Waals surface area contributed by atoms with Crippen LogP contribution in [0.5, 0.6) is 5.75 Å². The van der Waals surface area contributed by atoms with Gasteiger partial charge in [0, 0.05) is 5.56 Å². The summed E-state index contributed by atoms with van der Waals surface area (Å²) in [6, 6.07) is 7.71. The number of hydrogen-bond donors (Lipinski definition) is 1. The largest absolute Gasteiger partial charge is 0.493 e. The molecule has 1 atom stereocenters. The number of hydrogen-bond acceptors (Lipinski definition) is 2. The van der Waals surface area contributed by atoms with Gasteiger partial charge in [0.15, 0.2) is 0 Å². The fraction of sp³-hybridized carbons (Fsp3) is 0.294. The van der Waals surface area contributed by atoms with Gasteiger partial charge in [-0.25, -0.2) is 8.78 Å². The summed E-state index contributed by atoms with van der Waals surface area (Å²) in [7, 11) is 0. The van der Waals surface area contributed by atoms with E-state index in [4.69, 9.17) is 4.74 Å². The number of aryl methyl sites for hydroxylation is 2. The Morgan fingerprint density at radius 2 is 1.86 bits per heavy atom. The van der Waals surface area contributed by atoms with E-state index in [-0.39, 0.29) is 11.1 Å². The lowest BCUT2D eigenvalue weighted by Crippen LogP contribution is -2.09. The second-order valence-electron chi connectivity index (χ2n) is 4.97. The van der Waals surface area contributed by atoms with E-state index in [1.807, 2.05) is 19.9 Å². The van der Waals surface area contributed by atoms with Crippen LogP contribution < -0.4 is 4.74 Å². The average molecular weight is 292 g/mol. The van der Waals surface area contributed by atoms with Crippen LogP contribution in [0, 0.1) is 25.5 Å². The Kier molecular flexibility index (Phi) is 4.58. The Morgan fingerprint density at radius 1 is 1.14 bits per heavy atom. The molecule has 0 aliphatic heterocycles. The second-order valence-corrected chi connectivity index (χ2v) is 4.97. The summed E-state index contributed by atoms with van der Waals surface area (Å²) in [5.74, 6) is -1.07. The van der Waals surface area contributed by atoms with Crippen molar-refractivity contribution in [3.63, 3.8) is 0 Å². The number of benzene rings is 2. The Bertz CT molecular complexity index is 653. The molecule has 0 spiro atoms. The number of rotatable bonds is 4. The Labute approximate surface area is 123 Å². The number of aliphatic hydroxyl groups is 1. The first kappa shape index (κ1) is 15.4. The highest BCUT2D eigenvalue weighted by Crippen LogP contribution is 2.34. The molecule has 2 rings (SSSR count). The van der Waals surface area contributed by atoms with Crippen LogP contribution in [0.25, 0.3) is 0 Å². The third kappa shape index (κ3) is 3.05. The quantitative estimate of drug-likeness (QED) is 0.920. The van der Waals surface area contributed by atoms with Crippen LogP contribution in [0.3, 0.4) is 0 Å². The van der Waals surface area contributed by atoms with Gasteiger partial charge in [-0.15, -0.1) is 0 Å². The molecule has 0 bridgehead atoms. The van der Waals surface area contributed by atoms with Crippen molar-refractivity contribution in [2.75, 3.05) is 6.61 Å². The van der Waals surface area contributed by atoms with E-state index in [0.29, 0.717) is 17.9 Å². The summed E-state index contributed by atoms with van der Waals surface area (Å²) in [6.45, 7) is 5.59. The minimum absolute atomic E-state index is 0.288. The fourth-order valence-corrected chi connectivity index (χ4v) is 2.25. The van der Waals surface area contributed by atoms with E-state index in [0.717, 1.165) is 11.6 Å². The Balaban J connectivity index is 2.57. The molecule has 0 aromatic heterocycles. The minimum atomic E-state index is -1.41. The van der Waals surface area contributed by atoms with Crippen LogP contribution >= 0.6 is 0 Å². The highest BCUT2D eigenvalue weighted by Gasteiger charge is 2.24. The van der Waals surface area contributed by atoms with E-state index in [1.165, 1.54) is 13.0 Å². The maximum atomic E-state index is 14.2. The van der Waals surface area contributed by atoms with Crippen molar-refractivity contribution in [3.8, 4) is 5.75 Å². The van der Waals surface area contributed by atoms with E-state index in [9.17, 15) is 13.9 Å². The van der Waals surface area contributed by atoms with E-state index >= 15 is 0 Å². The summed E-state index contributed by atoms with van der Waals surface area (Å²) < 4.78 is 33.6. The Hall–Kier alpha value is -1.94. The van der Waals surface area contributed by atoms with E-state index in [2.05, 4.69) is 0 Å². The molecule has 4 heteroatoms. The molecule has 0 saturated carbocycles. The molecular formula is C17H18F2O2. The van der Waals surface area contributed by atoms with Gasteiger partial charge in [0.05, 0.1) is 12.2 Å². The van der Waals surface area contributed by atoms with Crippen molar-refractivity contribution in [2.24, 2.45) is 0 Å². The predicted molar refractivity (Wildman–Crippen MR) is 77.5 cm³/mol. The van der Waals surface area contributed by atoms with Gasteiger partial charge < -0.3 is 9.84 Å². The van der Waals surface area contributed by atoms with Gasteiger partial charge >= 0.3 is 0 Å². The first-order valence-corrected chi connectivity index (χ1v) is 6.81. The zero-order valence-corrected chi connectivity index (χ0v) is 12.3. The van der Waals surface area contributed by atoms with Gasteiger partial charge in [-0.3, -0.25) is 0 Å². The third-order valence-electron chi connectivity index (χ3n) is 3.35. The molecule has 112 valence electrons. The lowest BCUT2D eigenvalue weighted by Gasteiger charge is -2.18. The molecule has 2 aromatic rings. The van der Waals surface area contributed by atoms with E-state index in [1.54, 1.807) is 12.1 Å². The van der Waals surface area contributed by atoms with Gasteiger partial charge in [0.2, 0.25) is 0 Å². The van der Waals surface area contributed by atoms with Crippen molar-refractivity contribution >= 4 is 0 Å². The second kappa shape index (κ2) is 6.22. The normalized spacial score (nSPS) is 12.3. The van der Waals surface area contributed by atoms with Crippen LogP contribution in [0.1, 0.15) is 35.3 Å². The molecule has 0 heterocycles. The topological polar surface area (TPSA) is 29.5 Å². The number of ether oxygens (including phenoxy) is 1. The van der Waals surface area contributed by atoms with E-state index < -0.39 is 17.7 Å². The lowest BCUT2D eigenvalue weighted by molar-refractivity contribution is 0.201. The zero-order valence-electron chi connectivity index (χ0n) is 12.3. The molecule has 0 saturated heterocycles. The molecule has 0 aliphatic carbocycles. The van der Waals surface area contributed by atoms with Gasteiger partial charge in [0.25, 0.3) is 0 Å². The van der Waals surface area contributed by atoms with Crippen LogP contribution in [-0.2, 0) is 0 Å². The summed E-state index contributed by atoms with van der Waals surface area (Å²) in [4.78, 5) is 0. The van der Waals surface area contributed by atoms with Crippen molar-refractivity contribution in [1.29, 1.82) is 0 Å². The van der Waals surface area contributed by atoms with Crippen LogP contribution in [0.15, 0.2) is 30.3 Å². The first-order chi connectivity index (χ1) is 9.95. The summed E-state index contributed by atoms with van der Waals surface area (Å²) in [5, 5.41) is 10.4. The number of halogens is 2. The molecule has 0 fully saturated rings. The van der Waals surface area contributed by atoms with Crippen molar-refractivity contribution in [3.05, 3.63) is 64.2 Å². The van der Waals surface area contributed by atoms with Crippen LogP contribution in [0.4, 0.5) is 8.78 Å². The standard InChI is InChI=1S/C17H18F2O2/c1-4-21-14-8-5-10(2)9-12(14)17(20)15-13(18)7-6-11(3)16(15)19/h5-9,17,20H,4H2,1-3H3. The molecule has 0 aliphatic rings. The molecule has 1 N–H and O–H groups in total. The van der Waals surface area contributed by atoms with Gasteiger partial charge in [-0.2, -0.15) is 0 Å².